The van der Waals surface area contributed by atoms with E-state index in [0.717, 1.165) is 12.8 Å². The number of halogens is 3. The first-order chi connectivity index (χ1) is 12.7. The third-order valence-electron chi connectivity index (χ3n) is 3.81. The fourth-order valence-electron chi connectivity index (χ4n) is 2.40. The molecular formula is C20H20F3NO2S. The molecule has 0 atom stereocenters. The monoisotopic (exact) mass is 395 g/mol. The van der Waals surface area contributed by atoms with E-state index in [4.69, 9.17) is 9.90 Å². The Bertz CT molecular complexity index is 889. The van der Waals surface area contributed by atoms with Crippen LogP contribution in [0.25, 0.3) is 10.1 Å². The SMILES string of the molecule is CN(C)c1ccc2sc(CCc3ccccc3)cc2c1.O=C(O)C(F)(F)F. The molecule has 3 aromatic rings. The number of benzene rings is 2. The Hall–Kier alpha value is -2.54. The molecule has 0 saturated carbocycles. The first-order valence-electron chi connectivity index (χ1n) is 8.20. The Morgan fingerprint density at radius 1 is 1.04 bits per heavy atom. The van der Waals surface area contributed by atoms with Crippen molar-refractivity contribution >= 4 is 33.1 Å². The molecule has 0 aliphatic heterocycles. The van der Waals surface area contributed by atoms with Crippen LogP contribution in [-0.2, 0) is 17.6 Å². The minimum absolute atomic E-state index is 1.12. The lowest BCUT2D eigenvalue weighted by atomic mass is 10.1. The van der Waals surface area contributed by atoms with Crippen LogP contribution in [0.15, 0.2) is 54.6 Å². The summed E-state index contributed by atoms with van der Waals surface area (Å²) in [5, 5.41) is 8.49. The highest BCUT2D eigenvalue weighted by atomic mass is 32.1. The highest BCUT2D eigenvalue weighted by molar-refractivity contribution is 7.19. The van der Waals surface area contributed by atoms with Crippen LogP contribution in [0.4, 0.5) is 18.9 Å². The van der Waals surface area contributed by atoms with Gasteiger partial charge in [0.25, 0.3) is 0 Å². The van der Waals surface area contributed by atoms with E-state index in [0.29, 0.717) is 0 Å². The largest absolute Gasteiger partial charge is 0.490 e. The van der Waals surface area contributed by atoms with Gasteiger partial charge in [-0.3, -0.25) is 0 Å². The molecule has 3 rings (SSSR count). The maximum absolute atomic E-state index is 10.6. The lowest BCUT2D eigenvalue weighted by molar-refractivity contribution is -0.192. The molecular weight excluding hydrogens is 375 g/mol. The number of hydrogen-bond acceptors (Lipinski definition) is 3. The summed E-state index contributed by atoms with van der Waals surface area (Å²) in [7, 11) is 4.17. The fraction of sp³-hybridized carbons (Fsp3) is 0.250. The van der Waals surface area contributed by atoms with Crippen LogP contribution < -0.4 is 4.90 Å². The van der Waals surface area contributed by atoms with Gasteiger partial charge in [-0.25, -0.2) is 4.79 Å². The summed E-state index contributed by atoms with van der Waals surface area (Å²) in [6.07, 6.45) is -2.84. The third kappa shape index (κ3) is 6.29. The number of hydrogen-bond donors (Lipinski definition) is 1. The van der Waals surface area contributed by atoms with Gasteiger partial charge in [-0.05, 0) is 48.1 Å². The zero-order valence-corrected chi connectivity index (χ0v) is 15.8. The summed E-state index contributed by atoms with van der Waals surface area (Å²) >= 11 is 1.92. The van der Waals surface area contributed by atoms with Crippen molar-refractivity contribution in [1.29, 1.82) is 0 Å². The normalized spacial score (nSPS) is 11.0. The van der Waals surface area contributed by atoms with Crippen molar-refractivity contribution in [3.05, 3.63) is 65.0 Å². The lowest BCUT2D eigenvalue weighted by Gasteiger charge is -2.11. The van der Waals surface area contributed by atoms with Crippen molar-refractivity contribution in [1.82, 2.24) is 0 Å². The standard InChI is InChI=1S/C18H19NS.C2HF3O2/c1-19(2)16-9-11-18-15(12-16)13-17(20-18)10-8-14-6-4-3-5-7-14;3-2(4,5)1(6)7/h3-7,9,11-13H,8,10H2,1-2H3;(H,6,7). The number of fused-ring (bicyclic) bond motifs is 1. The summed E-state index contributed by atoms with van der Waals surface area (Å²) in [5.74, 6) is -2.76. The molecule has 7 heteroatoms. The van der Waals surface area contributed by atoms with Gasteiger partial charge in [0.2, 0.25) is 0 Å². The summed E-state index contributed by atoms with van der Waals surface area (Å²) in [4.78, 5) is 12.5. The molecule has 1 heterocycles. The molecule has 1 N–H and O–H groups in total. The average molecular weight is 395 g/mol. The summed E-state index contributed by atoms with van der Waals surface area (Å²) in [6, 6.07) is 19.8. The Labute approximate surface area is 159 Å². The second-order valence-corrected chi connectivity index (χ2v) is 7.29. The van der Waals surface area contributed by atoms with Gasteiger partial charge in [0, 0.05) is 29.4 Å². The van der Waals surface area contributed by atoms with Crippen molar-refractivity contribution in [2.24, 2.45) is 0 Å². The van der Waals surface area contributed by atoms with Crippen LogP contribution in [0.1, 0.15) is 10.4 Å². The molecule has 0 aliphatic carbocycles. The van der Waals surface area contributed by atoms with E-state index in [9.17, 15) is 13.2 Å². The van der Waals surface area contributed by atoms with Gasteiger partial charge in [0.05, 0.1) is 0 Å². The Morgan fingerprint density at radius 2 is 1.67 bits per heavy atom. The van der Waals surface area contributed by atoms with Crippen molar-refractivity contribution in [2.75, 3.05) is 19.0 Å². The number of aliphatic carboxylic acids is 1. The molecule has 0 bridgehead atoms. The molecule has 3 nitrogen and oxygen atoms in total. The zero-order chi connectivity index (χ0) is 20.0. The van der Waals surface area contributed by atoms with E-state index in [2.05, 4.69) is 73.6 Å². The van der Waals surface area contributed by atoms with Gasteiger partial charge in [-0.2, -0.15) is 13.2 Å². The van der Waals surface area contributed by atoms with Gasteiger partial charge >= 0.3 is 12.1 Å². The molecule has 0 spiro atoms. The van der Waals surface area contributed by atoms with Crippen molar-refractivity contribution < 1.29 is 23.1 Å². The zero-order valence-electron chi connectivity index (χ0n) is 15.0. The van der Waals surface area contributed by atoms with Gasteiger partial charge in [-0.1, -0.05) is 30.3 Å². The fourth-order valence-corrected chi connectivity index (χ4v) is 3.44. The molecule has 1 aromatic heterocycles. The number of alkyl halides is 3. The Morgan fingerprint density at radius 3 is 2.22 bits per heavy atom. The number of carbonyl (C=O) groups is 1. The quantitative estimate of drug-likeness (QED) is 0.644. The van der Waals surface area contributed by atoms with Crippen LogP contribution in [0.3, 0.4) is 0 Å². The van der Waals surface area contributed by atoms with Gasteiger partial charge in [0.15, 0.2) is 0 Å². The number of rotatable bonds is 4. The van der Waals surface area contributed by atoms with Crippen molar-refractivity contribution in [3.63, 3.8) is 0 Å². The van der Waals surface area contributed by atoms with E-state index < -0.39 is 12.1 Å². The summed E-state index contributed by atoms with van der Waals surface area (Å²) < 4.78 is 33.1. The number of anilines is 1. The molecule has 0 saturated heterocycles. The maximum Gasteiger partial charge on any atom is 0.490 e. The Kier molecular flexibility index (Phi) is 6.85. The summed E-state index contributed by atoms with van der Waals surface area (Å²) in [5.41, 5.74) is 2.68. The van der Waals surface area contributed by atoms with E-state index >= 15 is 0 Å². The molecule has 144 valence electrons. The van der Waals surface area contributed by atoms with Gasteiger partial charge < -0.3 is 10.0 Å². The second-order valence-electron chi connectivity index (χ2n) is 6.12. The van der Waals surface area contributed by atoms with Gasteiger partial charge in [-0.15, -0.1) is 11.3 Å². The third-order valence-corrected chi connectivity index (χ3v) is 4.99. The van der Waals surface area contributed by atoms with Crippen molar-refractivity contribution in [3.8, 4) is 0 Å². The smallest absolute Gasteiger partial charge is 0.475 e. The molecule has 0 fully saturated rings. The molecule has 0 aliphatic rings. The average Bonchev–Trinajstić information content (AvgIpc) is 3.02. The minimum Gasteiger partial charge on any atom is -0.475 e. The highest BCUT2D eigenvalue weighted by Gasteiger charge is 2.38. The van der Waals surface area contributed by atoms with Crippen LogP contribution in [0, 0.1) is 0 Å². The predicted octanol–water partition coefficient (Wildman–Crippen LogP) is 5.39. The van der Waals surface area contributed by atoms with E-state index in [1.165, 1.54) is 26.2 Å². The minimum atomic E-state index is -5.08. The number of carboxylic acid groups (broad SMARTS) is 1. The summed E-state index contributed by atoms with van der Waals surface area (Å²) in [6.45, 7) is 0. The highest BCUT2D eigenvalue weighted by Crippen LogP contribution is 2.29. The number of nitrogens with zero attached hydrogens (tertiary/aromatic N) is 1. The number of carboxylic acids is 1. The van der Waals surface area contributed by atoms with Crippen LogP contribution in [-0.4, -0.2) is 31.3 Å². The second kappa shape index (κ2) is 8.90. The lowest BCUT2D eigenvalue weighted by Crippen LogP contribution is -2.21. The number of aryl methyl sites for hydroxylation is 2. The predicted molar refractivity (Wildman–Crippen MR) is 104 cm³/mol. The van der Waals surface area contributed by atoms with Crippen molar-refractivity contribution in [2.45, 2.75) is 19.0 Å². The first-order valence-corrected chi connectivity index (χ1v) is 9.02. The Balaban J connectivity index is 0.000000321. The van der Waals surface area contributed by atoms with Gasteiger partial charge in [0.1, 0.15) is 0 Å². The van der Waals surface area contributed by atoms with E-state index in [1.54, 1.807) is 0 Å². The molecule has 2 aromatic carbocycles. The topological polar surface area (TPSA) is 40.5 Å². The first kappa shape index (κ1) is 20.8. The van der Waals surface area contributed by atoms with Crippen LogP contribution in [0.5, 0.6) is 0 Å². The molecule has 0 unspecified atom stereocenters. The molecule has 27 heavy (non-hydrogen) atoms. The van der Waals surface area contributed by atoms with E-state index in [-0.39, 0.29) is 0 Å². The maximum atomic E-state index is 10.6. The number of thiophene rings is 1. The molecule has 0 amide bonds. The van der Waals surface area contributed by atoms with Crippen LogP contribution >= 0.6 is 11.3 Å². The van der Waals surface area contributed by atoms with Crippen LogP contribution in [0.2, 0.25) is 0 Å². The molecule has 0 radical (unpaired) electrons. The van der Waals surface area contributed by atoms with E-state index in [1.807, 2.05) is 11.3 Å².